The lowest BCUT2D eigenvalue weighted by Crippen LogP contribution is -2.32. The SMILES string of the molecule is CCCCCCC(C)OC(c1ccccc1Br)C(N)CC. The van der Waals surface area contributed by atoms with Gasteiger partial charge in [-0.1, -0.05) is 73.7 Å². The highest BCUT2D eigenvalue weighted by Crippen LogP contribution is 2.30. The first kappa shape index (κ1) is 18.7. The van der Waals surface area contributed by atoms with Gasteiger partial charge in [0.2, 0.25) is 0 Å². The smallest absolute Gasteiger partial charge is 0.0990 e. The molecule has 2 nitrogen and oxygen atoms in total. The van der Waals surface area contributed by atoms with E-state index in [-0.39, 0.29) is 18.2 Å². The van der Waals surface area contributed by atoms with Crippen molar-refractivity contribution in [3.63, 3.8) is 0 Å². The number of rotatable bonds is 10. The Labute approximate surface area is 138 Å². The van der Waals surface area contributed by atoms with Crippen LogP contribution in [0.4, 0.5) is 0 Å². The largest absolute Gasteiger partial charge is 0.369 e. The number of ether oxygens (including phenoxy) is 1. The monoisotopic (exact) mass is 355 g/mol. The second-order valence-corrected chi connectivity index (χ2v) is 6.66. The van der Waals surface area contributed by atoms with E-state index in [0.29, 0.717) is 0 Å². The van der Waals surface area contributed by atoms with Gasteiger partial charge in [0.25, 0.3) is 0 Å². The normalized spacial score (nSPS) is 15.7. The lowest BCUT2D eigenvalue weighted by molar-refractivity contribution is -0.0233. The fraction of sp³-hybridized carbons (Fsp3) is 0.667. The standard InChI is InChI=1S/C18H30BrNO/c1-4-6-7-8-11-14(3)21-18(17(20)5-2)15-12-9-10-13-16(15)19/h9-10,12-14,17-18H,4-8,11,20H2,1-3H3. The summed E-state index contributed by atoms with van der Waals surface area (Å²) in [6.07, 6.45) is 7.35. The van der Waals surface area contributed by atoms with Crippen molar-refractivity contribution in [3.8, 4) is 0 Å². The Hall–Kier alpha value is -0.380. The van der Waals surface area contributed by atoms with Crippen LogP contribution in [0.15, 0.2) is 28.7 Å². The molecule has 21 heavy (non-hydrogen) atoms. The Morgan fingerprint density at radius 3 is 2.48 bits per heavy atom. The van der Waals surface area contributed by atoms with Gasteiger partial charge in [-0.25, -0.2) is 0 Å². The Bertz CT molecular complexity index is 397. The summed E-state index contributed by atoms with van der Waals surface area (Å²) >= 11 is 3.62. The van der Waals surface area contributed by atoms with Crippen LogP contribution in [0, 0.1) is 0 Å². The van der Waals surface area contributed by atoms with Gasteiger partial charge in [0.15, 0.2) is 0 Å². The molecule has 0 aliphatic carbocycles. The summed E-state index contributed by atoms with van der Waals surface area (Å²) in [6.45, 7) is 6.52. The quantitative estimate of drug-likeness (QED) is 0.554. The van der Waals surface area contributed by atoms with Crippen LogP contribution >= 0.6 is 15.9 Å². The van der Waals surface area contributed by atoms with Crippen LogP contribution in [0.2, 0.25) is 0 Å². The Kier molecular flexibility index (Phi) is 9.21. The number of halogens is 1. The molecule has 0 radical (unpaired) electrons. The molecule has 0 aromatic heterocycles. The van der Waals surface area contributed by atoms with Crippen molar-refractivity contribution in [2.45, 2.75) is 77.5 Å². The summed E-state index contributed by atoms with van der Waals surface area (Å²) < 4.78 is 7.38. The number of hydrogen-bond acceptors (Lipinski definition) is 2. The average molecular weight is 356 g/mol. The van der Waals surface area contributed by atoms with Crippen LogP contribution in [-0.2, 0) is 4.74 Å². The number of unbranched alkanes of at least 4 members (excludes halogenated alkanes) is 3. The molecular weight excluding hydrogens is 326 g/mol. The molecule has 120 valence electrons. The minimum absolute atomic E-state index is 0.0294. The number of hydrogen-bond donors (Lipinski definition) is 1. The van der Waals surface area contributed by atoms with Gasteiger partial charge in [0.05, 0.1) is 12.2 Å². The fourth-order valence-corrected chi connectivity index (χ4v) is 3.01. The lowest BCUT2D eigenvalue weighted by Gasteiger charge is -2.28. The molecule has 0 saturated carbocycles. The van der Waals surface area contributed by atoms with Crippen molar-refractivity contribution in [3.05, 3.63) is 34.3 Å². The molecule has 2 N–H and O–H groups in total. The van der Waals surface area contributed by atoms with Crippen LogP contribution in [0.3, 0.4) is 0 Å². The zero-order chi connectivity index (χ0) is 15.7. The molecular formula is C18H30BrNO. The lowest BCUT2D eigenvalue weighted by atomic mass is 10.00. The second kappa shape index (κ2) is 10.4. The van der Waals surface area contributed by atoms with Crippen molar-refractivity contribution in [1.82, 2.24) is 0 Å². The van der Waals surface area contributed by atoms with Crippen LogP contribution in [0.5, 0.6) is 0 Å². The highest BCUT2D eigenvalue weighted by atomic mass is 79.9. The maximum atomic E-state index is 6.30. The zero-order valence-electron chi connectivity index (χ0n) is 13.6. The van der Waals surface area contributed by atoms with Gasteiger partial charge in [-0.05, 0) is 31.4 Å². The highest BCUT2D eigenvalue weighted by molar-refractivity contribution is 9.10. The minimum atomic E-state index is -0.0354. The summed E-state index contributed by atoms with van der Waals surface area (Å²) in [5.74, 6) is 0. The molecule has 0 fully saturated rings. The first-order valence-electron chi connectivity index (χ1n) is 8.25. The summed E-state index contributed by atoms with van der Waals surface area (Å²) in [6, 6.07) is 8.26. The van der Waals surface area contributed by atoms with Gasteiger partial charge in [-0.15, -0.1) is 0 Å². The summed E-state index contributed by atoms with van der Waals surface area (Å²) in [4.78, 5) is 0. The van der Waals surface area contributed by atoms with Gasteiger partial charge in [0, 0.05) is 10.5 Å². The van der Waals surface area contributed by atoms with E-state index in [9.17, 15) is 0 Å². The van der Waals surface area contributed by atoms with E-state index in [1.807, 2.05) is 12.1 Å². The van der Waals surface area contributed by atoms with Gasteiger partial charge in [-0.2, -0.15) is 0 Å². The topological polar surface area (TPSA) is 35.2 Å². The van der Waals surface area contributed by atoms with E-state index in [4.69, 9.17) is 10.5 Å². The van der Waals surface area contributed by atoms with E-state index in [0.717, 1.165) is 22.9 Å². The van der Waals surface area contributed by atoms with E-state index in [2.05, 4.69) is 48.8 Å². The maximum absolute atomic E-state index is 6.30. The van der Waals surface area contributed by atoms with Gasteiger partial charge in [0.1, 0.15) is 0 Å². The van der Waals surface area contributed by atoms with Crippen molar-refractivity contribution in [2.75, 3.05) is 0 Å². The molecule has 3 unspecified atom stereocenters. The Balaban J connectivity index is 2.65. The van der Waals surface area contributed by atoms with Gasteiger partial charge in [-0.3, -0.25) is 0 Å². The highest BCUT2D eigenvalue weighted by Gasteiger charge is 2.23. The molecule has 0 spiro atoms. The van der Waals surface area contributed by atoms with Crippen molar-refractivity contribution >= 4 is 15.9 Å². The maximum Gasteiger partial charge on any atom is 0.0990 e. The van der Waals surface area contributed by atoms with Gasteiger partial charge >= 0.3 is 0 Å². The Morgan fingerprint density at radius 1 is 1.14 bits per heavy atom. The molecule has 1 aromatic carbocycles. The minimum Gasteiger partial charge on any atom is -0.369 e. The second-order valence-electron chi connectivity index (χ2n) is 5.81. The number of nitrogens with two attached hydrogens (primary N) is 1. The molecule has 3 atom stereocenters. The fourth-order valence-electron chi connectivity index (χ4n) is 2.50. The third-order valence-corrected chi connectivity index (χ3v) is 4.64. The van der Waals surface area contributed by atoms with E-state index in [1.165, 1.54) is 25.7 Å². The molecule has 1 rings (SSSR count). The Morgan fingerprint density at radius 2 is 1.86 bits per heavy atom. The third kappa shape index (κ3) is 6.50. The third-order valence-electron chi connectivity index (χ3n) is 3.92. The average Bonchev–Trinajstić information content (AvgIpc) is 2.49. The van der Waals surface area contributed by atoms with Crippen LogP contribution in [0.25, 0.3) is 0 Å². The van der Waals surface area contributed by atoms with E-state index in [1.54, 1.807) is 0 Å². The number of benzene rings is 1. The van der Waals surface area contributed by atoms with E-state index < -0.39 is 0 Å². The van der Waals surface area contributed by atoms with Gasteiger partial charge < -0.3 is 10.5 Å². The van der Waals surface area contributed by atoms with Crippen LogP contribution in [-0.4, -0.2) is 12.1 Å². The molecule has 3 heteroatoms. The van der Waals surface area contributed by atoms with E-state index >= 15 is 0 Å². The molecule has 0 saturated heterocycles. The molecule has 0 bridgehead atoms. The molecule has 1 aromatic rings. The summed E-state index contributed by atoms with van der Waals surface area (Å²) in [5.41, 5.74) is 7.46. The van der Waals surface area contributed by atoms with Crippen molar-refractivity contribution < 1.29 is 4.74 Å². The van der Waals surface area contributed by atoms with Crippen LogP contribution in [0.1, 0.15) is 71.0 Å². The van der Waals surface area contributed by atoms with Crippen LogP contribution < -0.4 is 5.73 Å². The van der Waals surface area contributed by atoms with Crippen molar-refractivity contribution in [2.24, 2.45) is 5.73 Å². The van der Waals surface area contributed by atoms with Crippen molar-refractivity contribution in [1.29, 1.82) is 0 Å². The molecule has 0 heterocycles. The first-order chi connectivity index (χ1) is 10.1. The summed E-state index contributed by atoms with van der Waals surface area (Å²) in [7, 11) is 0. The molecule has 0 aliphatic heterocycles. The molecule has 0 amide bonds. The molecule has 0 aliphatic rings. The predicted octanol–water partition coefficient (Wildman–Crippen LogP) is 5.60. The summed E-state index contributed by atoms with van der Waals surface area (Å²) in [5, 5.41) is 0. The zero-order valence-corrected chi connectivity index (χ0v) is 15.2. The first-order valence-corrected chi connectivity index (χ1v) is 9.04. The predicted molar refractivity (Wildman–Crippen MR) is 94.5 cm³/mol.